The van der Waals surface area contributed by atoms with E-state index in [4.69, 9.17) is 9.84 Å². The van der Waals surface area contributed by atoms with Gasteiger partial charge in [0.25, 0.3) is 5.91 Å². The van der Waals surface area contributed by atoms with E-state index < -0.39 is 5.97 Å². The Hall–Kier alpha value is -1.40. The standard InChI is InChI=1S/C11H15NO4S/c1-16-7-6-12(5-4-10(13)14)11(15)9-3-2-8-17-9/h2-3,8H,4-7H2,1H3,(H,13,14). The minimum Gasteiger partial charge on any atom is -0.481 e. The van der Waals surface area contributed by atoms with Crippen LogP contribution in [-0.2, 0) is 9.53 Å². The summed E-state index contributed by atoms with van der Waals surface area (Å²) in [4.78, 5) is 24.7. The van der Waals surface area contributed by atoms with Crippen molar-refractivity contribution in [2.24, 2.45) is 0 Å². The first kappa shape index (κ1) is 13.7. The van der Waals surface area contributed by atoms with Crippen LogP contribution >= 0.6 is 11.3 Å². The number of ether oxygens (including phenoxy) is 1. The summed E-state index contributed by atoms with van der Waals surface area (Å²) in [5, 5.41) is 10.5. The molecule has 1 heterocycles. The van der Waals surface area contributed by atoms with Gasteiger partial charge in [-0.2, -0.15) is 0 Å². The van der Waals surface area contributed by atoms with Crippen LogP contribution in [0.4, 0.5) is 0 Å². The molecular weight excluding hydrogens is 242 g/mol. The highest BCUT2D eigenvalue weighted by molar-refractivity contribution is 7.12. The number of carboxylic acids is 1. The minimum absolute atomic E-state index is 0.0547. The van der Waals surface area contributed by atoms with Gasteiger partial charge < -0.3 is 14.7 Å². The van der Waals surface area contributed by atoms with Crippen molar-refractivity contribution < 1.29 is 19.4 Å². The summed E-state index contributed by atoms with van der Waals surface area (Å²) in [6, 6.07) is 3.52. The Bertz CT molecular complexity index is 364. The van der Waals surface area contributed by atoms with Gasteiger partial charge in [-0.1, -0.05) is 6.07 Å². The molecule has 0 unspecified atom stereocenters. The van der Waals surface area contributed by atoms with E-state index in [0.29, 0.717) is 18.0 Å². The quantitative estimate of drug-likeness (QED) is 0.799. The van der Waals surface area contributed by atoms with Crippen molar-refractivity contribution in [2.75, 3.05) is 26.8 Å². The number of rotatable bonds is 7. The van der Waals surface area contributed by atoms with Crippen LogP contribution in [0, 0.1) is 0 Å². The Labute approximate surface area is 104 Å². The van der Waals surface area contributed by atoms with Crippen LogP contribution in [0.3, 0.4) is 0 Å². The molecular formula is C11H15NO4S. The topological polar surface area (TPSA) is 66.8 Å². The summed E-state index contributed by atoms with van der Waals surface area (Å²) in [5.41, 5.74) is 0. The molecule has 0 spiro atoms. The second kappa shape index (κ2) is 7.03. The maximum atomic E-state index is 12.0. The lowest BCUT2D eigenvalue weighted by Crippen LogP contribution is -2.35. The highest BCUT2D eigenvalue weighted by Gasteiger charge is 2.17. The number of amides is 1. The molecule has 0 saturated heterocycles. The smallest absolute Gasteiger partial charge is 0.305 e. The first-order valence-corrected chi connectivity index (χ1v) is 6.06. The van der Waals surface area contributed by atoms with Crippen LogP contribution < -0.4 is 0 Å². The molecule has 1 N–H and O–H groups in total. The van der Waals surface area contributed by atoms with E-state index in [0.717, 1.165) is 0 Å². The second-order valence-corrected chi connectivity index (χ2v) is 4.35. The molecule has 1 aromatic rings. The Kier molecular flexibility index (Phi) is 5.65. The van der Waals surface area contributed by atoms with E-state index in [1.54, 1.807) is 19.2 Å². The maximum absolute atomic E-state index is 12.0. The van der Waals surface area contributed by atoms with Crippen LogP contribution in [0.2, 0.25) is 0 Å². The van der Waals surface area contributed by atoms with E-state index in [1.165, 1.54) is 16.2 Å². The molecule has 0 aliphatic heterocycles. The average Bonchev–Trinajstić information content (AvgIpc) is 2.81. The minimum atomic E-state index is -0.911. The van der Waals surface area contributed by atoms with E-state index in [1.807, 2.05) is 5.38 Å². The molecule has 1 rings (SSSR count). The summed E-state index contributed by atoms with van der Waals surface area (Å²) >= 11 is 1.35. The Morgan fingerprint density at radius 1 is 1.47 bits per heavy atom. The Morgan fingerprint density at radius 2 is 2.24 bits per heavy atom. The third kappa shape index (κ3) is 4.54. The van der Waals surface area contributed by atoms with E-state index in [-0.39, 0.29) is 18.9 Å². The molecule has 0 saturated carbocycles. The lowest BCUT2D eigenvalue weighted by atomic mass is 10.3. The van der Waals surface area contributed by atoms with Crippen molar-refractivity contribution in [3.05, 3.63) is 22.4 Å². The molecule has 0 aliphatic rings. The van der Waals surface area contributed by atoms with Crippen molar-refractivity contribution in [1.29, 1.82) is 0 Å². The predicted molar refractivity (Wildman–Crippen MR) is 64.4 cm³/mol. The zero-order valence-corrected chi connectivity index (χ0v) is 10.4. The molecule has 0 atom stereocenters. The molecule has 0 bridgehead atoms. The average molecular weight is 257 g/mol. The van der Waals surface area contributed by atoms with Gasteiger partial charge in [0, 0.05) is 20.2 Å². The van der Waals surface area contributed by atoms with E-state index in [9.17, 15) is 9.59 Å². The molecule has 0 aromatic carbocycles. The van der Waals surface area contributed by atoms with Gasteiger partial charge in [-0.3, -0.25) is 9.59 Å². The monoisotopic (exact) mass is 257 g/mol. The number of carboxylic acid groups (broad SMARTS) is 1. The number of hydrogen-bond acceptors (Lipinski definition) is 4. The van der Waals surface area contributed by atoms with Crippen LogP contribution in [0.25, 0.3) is 0 Å². The molecule has 6 heteroatoms. The molecule has 5 nitrogen and oxygen atoms in total. The van der Waals surface area contributed by atoms with Crippen molar-refractivity contribution >= 4 is 23.2 Å². The molecule has 0 fully saturated rings. The van der Waals surface area contributed by atoms with Gasteiger partial charge in [-0.25, -0.2) is 0 Å². The number of thiophene rings is 1. The van der Waals surface area contributed by atoms with Crippen molar-refractivity contribution in [2.45, 2.75) is 6.42 Å². The fraction of sp³-hybridized carbons (Fsp3) is 0.455. The zero-order chi connectivity index (χ0) is 12.7. The number of hydrogen-bond donors (Lipinski definition) is 1. The third-order valence-corrected chi connectivity index (χ3v) is 3.04. The fourth-order valence-electron chi connectivity index (χ4n) is 1.30. The first-order valence-electron chi connectivity index (χ1n) is 5.18. The van der Waals surface area contributed by atoms with E-state index in [2.05, 4.69) is 0 Å². The van der Waals surface area contributed by atoms with Gasteiger partial charge in [0.15, 0.2) is 0 Å². The third-order valence-electron chi connectivity index (χ3n) is 2.18. The molecule has 94 valence electrons. The van der Waals surface area contributed by atoms with Crippen molar-refractivity contribution in [3.63, 3.8) is 0 Å². The van der Waals surface area contributed by atoms with Gasteiger partial charge in [0.1, 0.15) is 0 Å². The first-order chi connectivity index (χ1) is 8.15. The van der Waals surface area contributed by atoms with E-state index >= 15 is 0 Å². The maximum Gasteiger partial charge on any atom is 0.305 e. The van der Waals surface area contributed by atoms with Gasteiger partial charge in [0.05, 0.1) is 17.9 Å². The zero-order valence-electron chi connectivity index (χ0n) is 9.59. The lowest BCUT2D eigenvalue weighted by molar-refractivity contribution is -0.137. The summed E-state index contributed by atoms with van der Waals surface area (Å²) in [6.07, 6.45) is -0.0547. The highest BCUT2D eigenvalue weighted by atomic mass is 32.1. The summed E-state index contributed by atoms with van der Waals surface area (Å²) in [6.45, 7) is 1.01. The molecule has 17 heavy (non-hydrogen) atoms. The summed E-state index contributed by atoms with van der Waals surface area (Å²) in [7, 11) is 1.55. The van der Waals surface area contributed by atoms with Crippen LogP contribution in [0.5, 0.6) is 0 Å². The van der Waals surface area contributed by atoms with Crippen LogP contribution in [0.15, 0.2) is 17.5 Å². The van der Waals surface area contributed by atoms with Gasteiger partial charge >= 0.3 is 5.97 Å². The normalized spacial score (nSPS) is 10.2. The molecule has 0 aliphatic carbocycles. The number of nitrogens with zero attached hydrogens (tertiary/aromatic N) is 1. The van der Waals surface area contributed by atoms with Gasteiger partial charge in [-0.15, -0.1) is 11.3 Å². The number of aliphatic carboxylic acids is 1. The summed E-state index contributed by atoms with van der Waals surface area (Å²) < 4.78 is 4.91. The van der Waals surface area contributed by atoms with Crippen molar-refractivity contribution in [3.8, 4) is 0 Å². The lowest BCUT2D eigenvalue weighted by Gasteiger charge is -2.20. The molecule has 0 radical (unpaired) electrons. The van der Waals surface area contributed by atoms with Crippen molar-refractivity contribution in [1.82, 2.24) is 4.90 Å². The largest absolute Gasteiger partial charge is 0.481 e. The molecule has 1 amide bonds. The number of carbonyl (C=O) groups excluding carboxylic acids is 1. The Morgan fingerprint density at radius 3 is 2.76 bits per heavy atom. The Balaban J connectivity index is 2.61. The highest BCUT2D eigenvalue weighted by Crippen LogP contribution is 2.12. The second-order valence-electron chi connectivity index (χ2n) is 3.41. The SMILES string of the molecule is COCCN(CCC(=O)O)C(=O)c1cccs1. The van der Waals surface area contributed by atoms with Crippen LogP contribution in [0.1, 0.15) is 16.1 Å². The fourth-order valence-corrected chi connectivity index (χ4v) is 1.99. The predicted octanol–water partition coefficient (Wildman–Crippen LogP) is 1.31. The van der Waals surface area contributed by atoms with Gasteiger partial charge in [-0.05, 0) is 11.4 Å². The van der Waals surface area contributed by atoms with Gasteiger partial charge in [0.2, 0.25) is 0 Å². The molecule has 1 aromatic heterocycles. The number of methoxy groups -OCH3 is 1. The van der Waals surface area contributed by atoms with Crippen LogP contribution in [-0.4, -0.2) is 48.7 Å². The summed E-state index contributed by atoms with van der Waals surface area (Å²) in [5.74, 6) is -1.05. The number of carbonyl (C=O) groups is 2.